The number of hydrogen-bond acceptors (Lipinski definition) is 4. The van der Waals surface area contributed by atoms with Crippen molar-refractivity contribution in [3.8, 4) is 17.2 Å². The third kappa shape index (κ3) is 2.05. The third-order valence-corrected chi connectivity index (χ3v) is 3.30. The Morgan fingerprint density at radius 3 is 2.35 bits per heavy atom. The summed E-state index contributed by atoms with van der Waals surface area (Å²) in [5.41, 5.74) is 8.34. The van der Waals surface area contributed by atoms with E-state index in [0.717, 1.165) is 42.1 Å². The van der Waals surface area contributed by atoms with Crippen LogP contribution in [0.15, 0.2) is 6.07 Å². The van der Waals surface area contributed by atoms with E-state index in [0.29, 0.717) is 0 Å². The van der Waals surface area contributed by atoms with E-state index in [1.807, 2.05) is 6.07 Å². The van der Waals surface area contributed by atoms with E-state index >= 15 is 0 Å². The molecule has 1 unspecified atom stereocenters. The fourth-order valence-corrected chi connectivity index (χ4v) is 2.45. The second-order valence-electron chi connectivity index (χ2n) is 4.27. The van der Waals surface area contributed by atoms with Crippen molar-refractivity contribution < 1.29 is 14.2 Å². The van der Waals surface area contributed by atoms with Gasteiger partial charge in [-0.2, -0.15) is 0 Å². The number of fused-ring (bicyclic) bond motifs is 1. The molecule has 1 aliphatic carbocycles. The summed E-state index contributed by atoms with van der Waals surface area (Å²) in [6, 6.07) is 2.07. The van der Waals surface area contributed by atoms with Crippen LogP contribution < -0.4 is 19.9 Å². The zero-order valence-corrected chi connectivity index (χ0v) is 10.6. The molecule has 4 heteroatoms. The lowest BCUT2D eigenvalue weighted by Crippen LogP contribution is -2.28. The smallest absolute Gasteiger partial charge is 0.164 e. The standard InChI is InChI=1S/C13H19NO3/c1-15-11-7-12(16-2)13(17-3)9-5-4-8(14)6-10(9)11/h7-8H,4-6,14H2,1-3H3. The highest BCUT2D eigenvalue weighted by Gasteiger charge is 2.25. The largest absolute Gasteiger partial charge is 0.496 e. The summed E-state index contributed by atoms with van der Waals surface area (Å²) >= 11 is 0. The minimum absolute atomic E-state index is 0.203. The van der Waals surface area contributed by atoms with Gasteiger partial charge in [0.25, 0.3) is 0 Å². The lowest BCUT2D eigenvalue weighted by atomic mass is 9.87. The Kier molecular flexibility index (Phi) is 3.43. The summed E-state index contributed by atoms with van der Waals surface area (Å²) < 4.78 is 16.2. The molecular weight excluding hydrogens is 218 g/mol. The van der Waals surface area contributed by atoms with Gasteiger partial charge in [0.05, 0.1) is 21.3 Å². The molecule has 1 aromatic rings. The predicted molar refractivity (Wildman–Crippen MR) is 66.1 cm³/mol. The van der Waals surface area contributed by atoms with E-state index in [-0.39, 0.29) is 6.04 Å². The van der Waals surface area contributed by atoms with Crippen LogP contribution in [0.4, 0.5) is 0 Å². The van der Waals surface area contributed by atoms with Crippen LogP contribution in [-0.4, -0.2) is 27.4 Å². The normalized spacial score (nSPS) is 18.5. The highest BCUT2D eigenvalue weighted by molar-refractivity contribution is 5.58. The van der Waals surface area contributed by atoms with Crippen molar-refractivity contribution in [2.24, 2.45) is 5.73 Å². The van der Waals surface area contributed by atoms with Crippen LogP contribution in [-0.2, 0) is 12.8 Å². The summed E-state index contributed by atoms with van der Waals surface area (Å²) in [6.07, 6.45) is 2.71. The Bertz CT molecular complexity index is 418. The lowest BCUT2D eigenvalue weighted by Gasteiger charge is -2.26. The van der Waals surface area contributed by atoms with Crippen molar-refractivity contribution in [1.29, 1.82) is 0 Å². The number of benzene rings is 1. The maximum atomic E-state index is 6.01. The van der Waals surface area contributed by atoms with Gasteiger partial charge in [0.1, 0.15) is 5.75 Å². The topological polar surface area (TPSA) is 53.7 Å². The van der Waals surface area contributed by atoms with Crippen LogP contribution >= 0.6 is 0 Å². The molecule has 4 nitrogen and oxygen atoms in total. The molecule has 2 rings (SSSR count). The Balaban J connectivity index is 2.58. The summed E-state index contributed by atoms with van der Waals surface area (Å²) in [5.74, 6) is 2.38. The first-order valence-electron chi connectivity index (χ1n) is 5.77. The van der Waals surface area contributed by atoms with Gasteiger partial charge in [0.2, 0.25) is 0 Å². The zero-order chi connectivity index (χ0) is 12.4. The van der Waals surface area contributed by atoms with Gasteiger partial charge < -0.3 is 19.9 Å². The Labute approximate surface area is 102 Å². The van der Waals surface area contributed by atoms with Gasteiger partial charge in [0.15, 0.2) is 11.5 Å². The van der Waals surface area contributed by atoms with E-state index in [9.17, 15) is 0 Å². The SMILES string of the molecule is COc1cc(OC)c(OC)c2c1CC(N)CC2. The molecule has 0 amide bonds. The van der Waals surface area contributed by atoms with Gasteiger partial charge in [-0.3, -0.25) is 0 Å². The van der Waals surface area contributed by atoms with E-state index in [2.05, 4.69) is 0 Å². The van der Waals surface area contributed by atoms with Crippen molar-refractivity contribution in [3.05, 3.63) is 17.2 Å². The average molecular weight is 237 g/mol. The molecule has 0 fully saturated rings. The van der Waals surface area contributed by atoms with Crippen molar-refractivity contribution in [3.63, 3.8) is 0 Å². The Morgan fingerprint density at radius 1 is 1.06 bits per heavy atom. The van der Waals surface area contributed by atoms with Gasteiger partial charge in [0, 0.05) is 23.2 Å². The van der Waals surface area contributed by atoms with Gasteiger partial charge in [-0.25, -0.2) is 0 Å². The summed E-state index contributed by atoms with van der Waals surface area (Å²) in [7, 11) is 4.97. The average Bonchev–Trinajstić information content (AvgIpc) is 2.36. The van der Waals surface area contributed by atoms with Gasteiger partial charge >= 0.3 is 0 Å². The molecule has 1 atom stereocenters. The molecule has 0 aromatic heterocycles. The van der Waals surface area contributed by atoms with E-state index in [1.165, 1.54) is 5.56 Å². The van der Waals surface area contributed by atoms with Crippen LogP contribution in [0.25, 0.3) is 0 Å². The highest BCUT2D eigenvalue weighted by atomic mass is 16.5. The Morgan fingerprint density at radius 2 is 1.76 bits per heavy atom. The molecule has 1 aromatic carbocycles. The first-order valence-corrected chi connectivity index (χ1v) is 5.77. The van der Waals surface area contributed by atoms with Crippen LogP contribution in [0, 0.1) is 0 Å². The molecule has 1 aliphatic rings. The van der Waals surface area contributed by atoms with Crippen LogP contribution in [0.5, 0.6) is 17.2 Å². The molecule has 0 spiro atoms. The fourth-order valence-electron chi connectivity index (χ4n) is 2.45. The van der Waals surface area contributed by atoms with Crippen molar-refractivity contribution in [2.45, 2.75) is 25.3 Å². The number of nitrogens with two attached hydrogens (primary N) is 1. The van der Waals surface area contributed by atoms with Crippen LogP contribution in [0.2, 0.25) is 0 Å². The quantitative estimate of drug-likeness (QED) is 0.866. The van der Waals surface area contributed by atoms with Crippen molar-refractivity contribution >= 4 is 0 Å². The molecular formula is C13H19NO3. The summed E-state index contributed by atoms with van der Waals surface area (Å²) in [5, 5.41) is 0. The van der Waals surface area contributed by atoms with Gasteiger partial charge in [-0.15, -0.1) is 0 Å². The minimum atomic E-state index is 0.203. The van der Waals surface area contributed by atoms with E-state index in [4.69, 9.17) is 19.9 Å². The summed E-state index contributed by atoms with van der Waals surface area (Å²) in [4.78, 5) is 0. The molecule has 94 valence electrons. The van der Waals surface area contributed by atoms with Gasteiger partial charge in [-0.05, 0) is 19.3 Å². The first-order chi connectivity index (χ1) is 8.21. The monoisotopic (exact) mass is 237 g/mol. The first kappa shape index (κ1) is 12.0. The maximum Gasteiger partial charge on any atom is 0.164 e. The van der Waals surface area contributed by atoms with Crippen LogP contribution in [0.1, 0.15) is 17.5 Å². The van der Waals surface area contributed by atoms with Crippen molar-refractivity contribution in [2.75, 3.05) is 21.3 Å². The number of rotatable bonds is 3. The summed E-state index contributed by atoms with van der Waals surface area (Å²) in [6.45, 7) is 0. The zero-order valence-electron chi connectivity index (χ0n) is 10.6. The fraction of sp³-hybridized carbons (Fsp3) is 0.538. The van der Waals surface area contributed by atoms with Crippen molar-refractivity contribution in [1.82, 2.24) is 0 Å². The molecule has 0 radical (unpaired) electrons. The highest BCUT2D eigenvalue weighted by Crippen LogP contribution is 2.42. The minimum Gasteiger partial charge on any atom is -0.496 e. The van der Waals surface area contributed by atoms with E-state index < -0.39 is 0 Å². The second-order valence-corrected chi connectivity index (χ2v) is 4.27. The Hall–Kier alpha value is -1.42. The molecule has 0 saturated heterocycles. The molecule has 17 heavy (non-hydrogen) atoms. The van der Waals surface area contributed by atoms with Gasteiger partial charge in [-0.1, -0.05) is 0 Å². The number of ether oxygens (including phenoxy) is 3. The third-order valence-electron chi connectivity index (χ3n) is 3.30. The second kappa shape index (κ2) is 4.84. The predicted octanol–water partition coefficient (Wildman–Crippen LogP) is 1.53. The number of hydrogen-bond donors (Lipinski definition) is 1. The molecule has 0 bridgehead atoms. The van der Waals surface area contributed by atoms with E-state index in [1.54, 1.807) is 21.3 Å². The molecule has 0 heterocycles. The maximum absolute atomic E-state index is 6.01. The molecule has 2 N–H and O–H groups in total. The number of methoxy groups -OCH3 is 3. The lowest BCUT2D eigenvalue weighted by molar-refractivity contribution is 0.340. The molecule has 0 aliphatic heterocycles. The van der Waals surface area contributed by atoms with Crippen LogP contribution in [0.3, 0.4) is 0 Å². The molecule has 0 saturated carbocycles.